The summed E-state index contributed by atoms with van der Waals surface area (Å²) in [4.78, 5) is 11.9. The van der Waals surface area contributed by atoms with Gasteiger partial charge in [0.1, 0.15) is 12.4 Å². The molecule has 0 bridgehead atoms. The molecular formula is C19H25ClN2O2. The number of carbonyl (C=O) groups excluding carboxylic acids is 1. The van der Waals surface area contributed by atoms with Crippen LogP contribution in [0.3, 0.4) is 0 Å². The van der Waals surface area contributed by atoms with Crippen molar-refractivity contribution < 1.29 is 9.53 Å². The molecule has 3 rings (SSSR count). The van der Waals surface area contributed by atoms with Gasteiger partial charge < -0.3 is 15.8 Å². The zero-order valence-corrected chi connectivity index (χ0v) is 14.6. The molecular weight excluding hydrogens is 324 g/mol. The summed E-state index contributed by atoms with van der Waals surface area (Å²) in [5, 5.41) is 5.18. The topological polar surface area (TPSA) is 64.4 Å². The molecule has 0 aromatic heterocycles. The summed E-state index contributed by atoms with van der Waals surface area (Å²) in [5.74, 6) is 1.28. The summed E-state index contributed by atoms with van der Waals surface area (Å²) in [6.45, 7) is 0.987. The fourth-order valence-electron chi connectivity index (χ4n) is 3.30. The average Bonchev–Trinajstić information content (AvgIpc) is 2.96. The Balaban J connectivity index is 0.00000208. The maximum Gasteiger partial charge on any atom is 0.220 e. The first kappa shape index (κ1) is 18.6. The van der Waals surface area contributed by atoms with Crippen LogP contribution >= 0.6 is 12.4 Å². The fraction of sp³-hybridized carbons (Fsp3) is 0.421. The van der Waals surface area contributed by atoms with Gasteiger partial charge in [-0.05, 0) is 30.2 Å². The maximum absolute atomic E-state index is 11.9. The molecule has 24 heavy (non-hydrogen) atoms. The van der Waals surface area contributed by atoms with Gasteiger partial charge in [0.2, 0.25) is 5.91 Å². The molecule has 3 N–H and O–H groups in total. The van der Waals surface area contributed by atoms with Crippen molar-refractivity contribution in [1.82, 2.24) is 5.32 Å². The minimum Gasteiger partial charge on any atom is -0.491 e. The molecule has 1 aliphatic carbocycles. The van der Waals surface area contributed by atoms with Gasteiger partial charge in [0, 0.05) is 17.8 Å². The van der Waals surface area contributed by atoms with Crippen LogP contribution in [0.25, 0.3) is 10.8 Å². The van der Waals surface area contributed by atoms with E-state index in [1.165, 1.54) is 0 Å². The second-order valence-electron chi connectivity index (χ2n) is 6.23. The van der Waals surface area contributed by atoms with Gasteiger partial charge >= 0.3 is 0 Å². The second kappa shape index (κ2) is 8.90. The normalized spacial score (nSPS) is 19.7. The van der Waals surface area contributed by atoms with Gasteiger partial charge in [-0.3, -0.25) is 4.79 Å². The molecule has 130 valence electrons. The van der Waals surface area contributed by atoms with E-state index < -0.39 is 0 Å². The third-order valence-electron chi connectivity index (χ3n) is 4.60. The molecule has 2 aromatic carbocycles. The van der Waals surface area contributed by atoms with Crippen molar-refractivity contribution in [3.8, 4) is 5.75 Å². The Hall–Kier alpha value is -1.78. The molecule has 0 spiro atoms. The Labute approximate surface area is 149 Å². The minimum atomic E-state index is 0. The minimum absolute atomic E-state index is 0. The quantitative estimate of drug-likeness (QED) is 0.787. The smallest absolute Gasteiger partial charge is 0.220 e. The molecule has 1 amide bonds. The molecule has 0 unspecified atom stereocenters. The molecule has 0 radical (unpaired) electrons. The van der Waals surface area contributed by atoms with Crippen LogP contribution in [0, 0.1) is 5.92 Å². The molecule has 4 nitrogen and oxygen atoms in total. The van der Waals surface area contributed by atoms with Gasteiger partial charge in [0.15, 0.2) is 0 Å². The van der Waals surface area contributed by atoms with Crippen molar-refractivity contribution >= 4 is 29.1 Å². The standard InChI is InChI=1S/C19H24N2O2.ClH/c20-17-9-3-7-15(17)13-19(22)21-11-12-23-18-10-4-6-14-5-1-2-8-16(14)18;/h1-2,4-6,8,10,15,17H,3,7,9,11-13,20H2,(H,21,22);1H/t15-,17+;/m0./s1. The van der Waals surface area contributed by atoms with Crippen molar-refractivity contribution in [2.75, 3.05) is 13.2 Å². The second-order valence-corrected chi connectivity index (χ2v) is 6.23. The molecule has 1 aliphatic rings. The van der Waals surface area contributed by atoms with Crippen molar-refractivity contribution in [3.05, 3.63) is 42.5 Å². The van der Waals surface area contributed by atoms with Crippen molar-refractivity contribution in [2.45, 2.75) is 31.7 Å². The third kappa shape index (κ3) is 4.62. The summed E-state index contributed by atoms with van der Waals surface area (Å²) < 4.78 is 5.82. The lowest BCUT2D eigenvalue weighted by Crippen LogP contribution is -2.33. The Morgan fingerprint density at radius 2 is 1.96 bits per heavy atom. The fourth-order valence-corrected chi connectivity index (χ4v) is 3.30. The summed E-state index contributed by atoms with van der Waals surface area (Å²) in [6.07, 6.45) is 3.79. The van der Waals surface area contributed by atoms with Crippen LogP contribution in [0.2, 0.25) is 0 Å². The number of ether oxygens (including phenoxy) is 1. The number of carbonyl (C=O) groups is 1. The third-order valence-corrected chi connectivity index (χ3v) is 4.60. The highest BCUT2D eigenvalue weighted by Gasteiger charge is 2.25. The first-order valence-corrected chi connectivity index (χ1v) is 8.37. The van der Waals surface area contributed by atoms with Gasteiger partial charge in [0.05, 0.1) is 6.54 Å². The van der Waals surface area contributed by atoms with Crippen LogP contribution in [-0.2, 0) is 4.79 Å². The largest absolute Gasteiger partial charge is 0.491 e. The van der Waals surface area contributed by atoms with Crippen molar-refractivity contribution in [2.24, 2.45) is 11.7 Å². The van der Waals surface area contributed by atoms with Gasteiger partial charge in [-0.2, -0.15) is 0 Å². The highest BCUT2D eigenvalue weighted by atomic mass is 35.5. The number of fused-ring (bicyclic) bond motifs is 1. The lowest BCUT2D eigenvalue weighted by Gasteiger charge is -2.15. The zero-order chi connectivity index (χ0) is 16.1. The molecule has 2 aromatic rings. The molecule has 0 heterocycles. The van der Waals surface area contributed by atoms with Gasteiger partial charge in [-0.1, -0.05) is 42.8 Å². The van der Waals surface area contributed by atoms with Gasteiger partial charge in [0.25, 0.3) is 0 Å². The highest BCUT2D eigenvalue weighted by Crippen LogP contribution is 2.27. The predicted molar refractivity (Wildman–Crippen MR) is 99.6 cm³/mol. The van der Waals surface area contributed by atoms with E-state index in [4.69, 9.17) is 10.5 Å². The molecule has 5 heteroatoms. The number of amides is 1. The van der Waals surface area contributed by atoms with Crippen LogP contribution in [-0.4, -0.2) is 25.1 Å². The van der Waals surface area contributed by atoms with E-state index in [2.05, 4.69) is 17.4 Å². The van der Waals surface area contributed by atoms with E-state index in [1.54, 1.807) is 0 Å². The Morgan fingerprint density at radius 1 is 1.17 bits per heavy atom. The van der Waals surface area contributed by atoms with Crippen LogP contribution in [0.1, 0.15) is 25.7 Å². The Bertz CT molecular complexity index is 672. The Morgan fingerprint density at radius 3 is 2.75 bits per heavy atom. The first-order chi connectivity index (χ1) is 11.2. The van der Waals surface area contributed by atoms with Gasteiger partial charge in [-0.25, -0.2) is 0 Å². The number of rotatable bonds is 6. The number of hydrogen-bond donors (Lipinski definition) is 2. The van der Waals surface area contributed by atoms with E-state index in [0.717, 1.165) is 35.8 Å². The van der Waals surface area contributed by atoms with Crippen molar-refractivity contribution in [3.63, 3.8) is 0 Å². The van der Waals surface area contributed by atoms with Gasteiger partial charge in [-0.15, -0.1) is 12.4 Å². The lowest BCUT2D eigenvalue weighted by molar-refractivity contribution is -0.122. The van der Waals surface area contributed by atoms with Crippen molar-refractivity contribution in [1.29, 1.82) is 0 Å². The van der Waals surface area contributed by atoms with Crippen LogP contribution in [0.4, 0.5) is 0 Å². The summed E-state index contributed by atoms with van der Waals surface area (Å²) in [5.41, 5.74) is 6.01. The zero-order valence-electron chi connectivity index (χ0n) is 13.7. The molecule has 0 saturated heterocycles. The molecule has 1 fully saturated rings. The number of benzene rings is 2. The van der Waals surface area contributed by atoms with E-state index in [1.807, 2.05) is 30.3 Å². The summed E-state index contributed by atoms with van der Waals surface area (Å²) >= 11 is 0. The SMILES string of the molecule is Cl.N[C@@H]1CCC[C@H]1CC(=O)NCCOc1cccc2ccccc12. The first-order valence-electron chi connectivity index (χ1n) is 8.37. The average molecular weight is 349 g/mol. The number of nitrogens with two attached hydrogens (primary N) is 1. The number of halogens is 1. The predicted octanol–water partition coefficient (Wildman–Crippen LogP) is 3.27. The molecule has 1 saturated carbocycles. The highest BCUT2D eigenvalue weighted by molar-refractivity contribution is 5.88. The van der Waals surface area contributed by atoms with Crippen LogP contribution in [0.15, 0.2) is 42.5 Å². The number of nitrogens with one attached hydrogen (secondary N) is 1. The van der Waals surface area contributed by atoms with E-state index >= 15 is 0 Å². The summed E-state index contributed by atoms with van der Waals surface area (Å²) in [7, 11) is 0. The van der Waals surface area contributed by atoms with E-state index in [-0.39, 0.29) is 24.4 Å². The lowest BCUT2D eigenvalue weighted by atomic mass is 10.00. The summed E-state index contributed by atoms with van der Waals surface area (Å²) in [6, 6.07) is 14.3. The van der Waals surface area contributed by atoms with Crippen LogP contribution in [0.5, 0.6) is 5.75 Å². The maximum atomic E-state index is 11.9. The molecule has 0 aliphatic heterocycles. The van der Waals surface area contributed by atoms with E-state index in [0.29, 0.717) is 25.5 Å². The number of hydrogen-bond acceptors (Lipinski definition) is 3. The molecule has 2 atom stereocenters. The van der Waals surface area contributed by atoms with E-state index in [9.17, 15) is 4.79 Å². The Kier molecular flexibility index (Phi) is 6.88. The van der Waals surface area contributed by atoms with Crippen LogP contribution < -0.4 is 15.8 Å². The monoisotopic (exact) mass is 348 g/mol.